The second-order valence-electron chi connectivity index (χ2n) is 9.01. The van der Waals surface area contributed by atoms with Crippen LogP contribution in [0.5, 0.6) is 0 Å². The Kier molecular flexibility index (Phi) is 10.3. The fourth-order valence-electron chi connectivity index (χ4n) is 2.38. The van der Waals surface area contributed by atoms with Crippen LogP contribution in [0.25, 0.3) is 0 Å². The Balaban J connectivity index is 2.43. The summed E-state index contributed by atoms with van der Waals surface area (Å²) in [6, 6.07) is 8.03. The van der Waals surface area contributed by atoms with E-state index in [1.54, 1.807) is 41.5 Å². The van der Waals surface area contributed by atoms with E-state index in [0.717, 1.165) is 5.56 Å². The maximum atomic E-state index is 12.5. The molecule has 174 valence electrons. The molecule has 0 radical (unpaired) electrons. The quantitative estimate of drug-likeness (QED) is 0.310. The third kappa shape index (κ3) is 13.2. The van der Waals surface area contributed by atoms with Gasteiger partial charge >= 0.3 is 18.1 Å². The summed E-state index contributed by atoms with van der Waals surface area (Å²) in [5, 5.41) is 5.18. The Labute approximate surface area is 184 Å². The van der Waals surface area contributed by atoms with Crippen LogP contribution in [0, 0.1) is 0 Å². The summed E-state index contributed by atoms with van der Waals surface area (Å²) in [6.07, 6.45) is -0.0196. The van der Waals surface area contributed by atoms with E-state index in [1.165, 1.54) is 0 Å². The number of esters is 1. The number of hydrogen-bond acceptors (Lipinski definition) is 6. The van der Waals surface area contributed by atoms with Crippen LogP contribution in [0.1, 0.15) is 59.9 Å². The fourth-order valence-corrected chi connectivity index (χ4v) is 2.38. The smallest absolute Gasteiger partial charge is 0.408 e. The number of amides is 3. The summed E-state index contributed by atoms with van der Waals surface area (Å²) >= 11 is 0. The number of ether oxygens (including phenoxy) is 2. The third-order valence-electron chi connectivity index (χ3n) is 3.58. The van der Waals surface area contributed by atoms with Crippen molar-refractivity contribution in [2.75, 3.05) is 6.54 Å². The molecule has 0 aliphatic heterocycles. The number of alkyl carbamates (subject to hydrolysis) is 1. The summed E-state index contributed by atoms with van der Waals surface area (Å²) in [4.78, 5) is 41.5. The Morgan fingerprint density at radius 3 is 2.13 bits per heavy atom. The second kappa shape index (κ2) is 12.1. The van der Waals surface area contributed by atoms with Gasteiger partial charge < -0.3 is 20.1 Å². The van der Waals surface area contributed by atoms with Gasteiger partial charge in [-0.05, 0) is 59.9 Å². The van der Waals surface area contributed by atoms with Crippen LogP contribution in [0.2, 0.25) is 0 Å². The molecule has 3 amide bonds. The maximum Gasteiger partial charge on any atom is 0.408 e. The predicted molar refractivity (Wildman–Crippen MR) is 116 cm³/mol. The summed E-state index contributed by atoms with van der Waals surface area (Å²) in [5.41, 5.74) is 1.84. The first-order chi connectivity index (χ1) is 14.4. The lowest BCUT2D eigenvalue weighted by atomic mass is 10.1. The van der Waals surface area contributed by atoms with Crippen molar-refractivity contribution < 1.29 is 28.7 Å². The first-order valence-corrected chi connectivity index (χ1v) is 10.3. The van der Waals surface area contributed by atoms with Gasteiger partial charge in [0.05, 0.1) is 6.61 Å². The molecule has 0 aliphatic rings. The number of nitrogens with one attached hydrogen (secondary N) is 3. The highest BCUT2D eigenvalue weighted by Crippen LogP contribution is 2.12. The number of benzene rings is 1. The Hall–Kier alpha value is -2.81. The first-order valence-electron chi connectivity index (χ1n) is 10.3. The highest BCUT2D eigenvalue weighted by Gasteiger charge is 2.28. The zero-order chi connectivity index (χ0) is 23.5. The van der Waals surface area contributed by atoms with Gasteiger partial charge in [-0.15, -0.1) is 0 Å². The Morgan fingerprint density at radius 1 is 0.935 bits per heavy atom. The minimum Gasteiger partial charge on any atom is -0.458 e. The monoisotopic (exact) mass is 437 g/mol. The van der Waals surface area contributed by atoms with Crippen LogP contribution >= 0.6 is 0 Å². The van der Waals surface area contributed by atoms with Crippen LogP contribution < -0.4 is 16.1 Å². The van der Waals surface area contributed by atoms with Crippen molar-refractivity contribution in [3.8, 4) is 0 Å². The Morgan fingerprint density at radius 2 is 1.55 bits per heavy atom. The van der Waals surface area contributed by atoms with Crippen LogP contribution in [-0.4, -0.2) is 41.9 Å². The molecule has 0 unspecified atom stereocenters. The summed E-state index contributed by atoms with van der Waals surface area (Å²) in [5.74, 6) is -0.561. The van der Waals surface area contributed by atoms with Crippen molar-refractivity contribution in [3.63, 3.8) is 0 Å². The van der Waals surface area contributed by atoms with E-state index in [2.05, 4.69) is 16.1 Å². The molecule has 9 heteroatoms. The molecule has 0 aliphatic carbocycles. The predicted octanol–water partition coefficient (Wildman–Crippen LogP) is 3.43. The molecule has 0 aromatic heterocycles. The van der Waals surface area contributed by atoms with Gasteiger partial charge in [0.25, 0.3) is 0 Å². The average molecular weight is 438 g/mol. The number of hydrogen-bond donors (Lipinski definition) is 3. The van der Waals surface area contributed by atoms with Crippen molar-refractivity contribution in [2.45, 2.75) is 78.2 Å². The lowest BCUT2D eigenvalue weighted by Crippen LogP contribution is -2.46. The summed E-state index contributed by atoms with van der Waals surface area (Å²) in [6.45, 7) is 11.0. The van der Waals surface area contributed by atoms with Crippen LogP contribution in [0.15, 0.2) is 30.3 Å². The molecule has 1 atom stereocenters. The van der Waals surface area contributed by atoms with Gasteiger partial charge in [-0.2, -0.15) is 0 Å². The molecule has 0 heterocycles. The lowest BCUT2D eigenvalue weighted by Gasteiger charge is -2.26. The molecule has 1 rings (SSSR count). The number of rotatable bonds is 9. The zero-order valence-corrected chi connectivity index (χ0v) is 19.2. The van der Waals surface area contributed by atoms with Gasteiger partial charge in [-0.3, -0.25) is 4.84 Å². The van der Waals surface area contributed by atoms with Crippen molar-refractivity contribution in [1.82, 2.24) is 16.1 Å². The maximum absolute atomic E-state index is 12.5. The van der Waals surface area contributed by atoms with E-state index in [1.807, 2.05) is 30.3 Å². The van der Waals surface area contributed by atoms with Crippen LogP contribution in [-0.2, 0) is 25.7 Å². The molecule has 0 saturated carbocycles. The third-order valence-corrected chi connectivity index (χ3v) is 3.58. The number of urea groups is 1. The van der Waals surface area contributed by atoms with Gasteiger partial charge in [0.15, 0.2) is 0 Å². The normalized spacial score (nSPS) is 12.5. The summed E-state index contributed by atoms with van der Waals surface area (Å²) < 4.78 is 10.6. The van der Waals surface area contributed by atoms with Crippen molar-refractivity contribution in [3.05, 3.63) is 35.9 Å². The van der Waals surface area contributed by atoms with E-state index < -0.39 is 35.3 Å². The standard InChI is InChI=1S/C22H35N3O6/c1-21(2,3)30-18(26)17(24-20(28)31-22(4,5)6)13-10-14-23-19(27)25-29-15-16-11-8-7-9-12-16/h7-9,11-12,17H,10,13-15H2,1-6H3,(H,24,28)(H2,23,25,27)/t17-/m0/s1. The minimum absolute atomic E-state index is 0.245. The summed E-state index contributed by atoms with van der Waals surface area (Å²) in [7, 11) is 0. The average Bonchev–Trinajstić information content (AvgIpc) is 2.62. The van der Waals surface area contributed by atoms with Gasteiger partial charge in [0, 0.05) is 6.54 Å². The van der Waals surface area contributed by atoms with Crippen molar-refractivity contribution in [1.29, 1.82) is 0 Å². The number of carbonyl (C=O) groups excluding carboxylic acids is 3. The zero-order valence-electron chi connectivity index (χ0n) is 19.2. The molecule has 1 aromatic rings. The molecule has 3 N–H and O–H groups in total. The molecule has 0 spiro atoms. The second-order valence-corrected chi connectivity index (χ2v) is 9.01. The molecule has 0 fully saturated rings. The number of carbonyl (C=O) groups is 3. The van der Waals surface area contributed by atoms with Gasteiger partial charge in [-0.1, -0.05) is 30.3 Å². The van der Waals surface area contributed by atoms with Crippen molar-refractivity contribution in [2.24, 2.45) is 0 Å². The SMILES string of the molecule is CC(C)(C)OC(=O)N[C@@H](CCCNC(=O)NOCc1ccccc1)C(=O)OC(C)(C)C. The molecular formula is C22H35N3O6. The van der Waals surface area contributed by atoms with E-state index >= 15 is 0 Å². The molecule has 1 aromatic carbocycles. The highest BCUT2D eigenvalue weighted by molar-refractivity contribution is 5.81. The van der Waals surface area contributed by atoms with E-state index in [0.29, 0.717) is 6.42 Å². The van der Waals surface area contributed by atoms with Crippen LogP contribution in [0.4, 0.5) is 9.59 Å². The number of hydroxylamine groups is 1. The van der Waals surface area contributed by atoms with E-state index in [-0.39, 0.29) is 19.6 Å². The van der Waals surface area contributed by atoms with Gasteiger partial charge in [0.1, 0.15) is 17.2 Å². The lowest BCUT2D eigenvalue weighted by molar-refractivity contribution is -0.157. The van der Waals surface area contributed by atoms with Gasteiger partial charge in [-0.25, -0.2) is 19.9 Å². The molecule has 9 nitrogen and oxygen atoms in total. The minimum atomic E-state index is -0.895. The molecule has 0 bridgehead atoms. The molecular weight excluding hydrogens is 402 g/mol. The Bertz CT molecular complexity index is 710. The van der Waals surface area contributed by atoms with Crippen molar-refractivity contribution >= 4 is 18.1 Å². The topological polar surface area (TPSA) is 115 Å². The van der Waals surface area contributed by atoms with E-state index in [9.17, 15) is 14.4 Å². The van der Waals surface area contributed by atoms with Gasteiger partial charge in [0.2, 0.25) is 0 Å². The highest BCUT2D eigenvalue weighted by atomic mass is 16.7. The molecule has 31 heavy (non-hydrogen) atoms. The molecule has 0 saturated heterocycles. The van der Waals surface area contributed by atoms with E-state index in [4.69, 9.17) is 14.3 Å². The first kappa shape index (κ1) is 26.2. The fraction of sp³-hybridized carbons (Fsp3) is 0.591. The largest absolute Gasteiger partial charge is 0.458 e. The van der Waals surface area contributed by atoms with Crippen LogP contribution in [0.3, 0.4) is 0 Å².